The maximum atomic E-state index is 11.5. The van der Waals surface area contributed by atoms with Crippen LogP contribution in [0.15, 0.2) is 23.2 Å². The topological polar surface area (TPSA) is 89.0 Å². The highest BCUT2D eigenvalue weighted by molar-refractivity contribution is 7.91. The largest absolute Gasteiger partial charge is 0.493 e. The zero-order valence-corrected chi connectivity index (χ0v) is 14.2. The molecule has 0 saturated carbocycles. The van der Waals surface area contributed by atoms with E-state index >= 15 is 0 Å². The number of methoxy groups -OCH3 is 2. The van der Waals surface area contributed by atoms with Crippen LogP contribution >= 0.6 is 0 Å². The number of ether oxygens (including phenoxy) is 2. The van der Waals surface area contributed by atoms with Gasteiger partial charge in [0.15, 0.2) is 27.3 Å². The molecule has 0 aromatic heterocycles. The number of sulfone groups is 1. The lowest BCUT2D eigenvalue weighted by Crippen LogP contribution is -2.34. The first-order valence-electron chi connectivity index (χ1n) is 6.85. The Morgan fingerprint density at radius 3 is 2.45 bits per heavy atom. The van der Waals surface area contributed by atoms with E-state index in [0.29, 0.717) is 24.0 Å². The van der Waals surface area contributed by atoms with E-state index in [2.05, 4.69) is 15.6 Å². The normalized spacial score (nSPS) is 11.9. The van der Waals surface area contributed by atoms with Crippen molar-refractivity contribution >= 4 is 21.5 Å². The lowest BCUT2D eigenvalue weighted by molar-refractivity contribution is 0.355. The monoisotopic (exact) mass is 329 g/mol. The van der Waals surface area contributed by atoms with Crippen LogP contribution in [0.25, 0.3) is 0 Å². The molecule has 0 saturated heterocycles. The van der Waals surface area contributed by atoms with Gasteiger partial charge < -0.3 is 20.1 Å². The van der Waals surface area contributed by atoms with Crippen LogP contribution in [0.4, 0.5) is 5.69 Å². The molecule has 0 aliphatic carbocycles. The summed E-state index contributed by atoms with van der Waals surface area (Å²) in [5.41, 5.74) is 0.754. The Balaban J connectivity index is 2.67. The third kappa shape index (κ3) is 5.44. The maximum Gasteiger partial charge on any atom is 0.195 e. The van der Waals surface area contributed by atoms with Crippen molar-refractivity contribution in [2.24, 2.45) is 4.99 Å². The molecular weight excluding hydrogens is 306 g/mol. The van der Waals surface area contributed by atoms with Crippen molar-refractivity contribution in [2.45, 2.75) is 6.92 Å². The molecule has 0 heterocycles. The minimum atomic E-state index is -3.00. The van der Waals surface area contributed by atoms with Gasteiger partial charge in [-0.05, 0) is 12.1 Å². The molecule has 0 spiro atoms. The number of hydrogen-bond acceptors (Lipinski definition) is 5. The number of aliphatic imine (C=N–C) groups is 1. The Bertz CT molecular complexity index is 615. The van der Waals surface area contributed by atoms with Crippen LogP contribution in [0.5, 0.6) is 11.5 Å². The molecule has 8 heteroatoms. The van der Waals surface area contributed by atoms with Gasteiger partial charge in [0.2, 0.25) is 0 Å². The van der Waals surface area contributed by atoms with E-state index in [1.54, 1.807) is 40.3 Å². The standard InChI is InChI=1S/C14H23N3O4S/c1-5-22(18,19)9-8-16-14(15-2)17-11-6-7-12(20-3)13(10-11)21-4/h6-7,10H,5,8-9H2,1-4H3,(H2,15,16,17). The van der Waals surface area contributed by atoms with Gasteiger partial charge >= 0.3 is 0 Å². The van der Waals surface area contributed by atoms with Gasteiger partial charge in [-0.1, -0.05) is 6.92 Å². The average molecular weight is 329 g/mol. The number of hydrogen-bond donors (Lipinski definition) is 2. The molecule has 0 radical (unpaired) electrons. The third-order valence-electron chi connectivity index (χ3n) is 3.02. The zero-order chi connectivity index (χ0) is 16.6. The predicted molar refractivity (Wildman–Crippen MR) is 88.9 cm³/mol. The van der Waals surface area contributed by atoms with Crippen LogP contribution in [-0.2, 0) is 9.84 Å². The van der Waals surface area contributed by atoms with Crippen LogP contribution in [0.3, 0.4) is 0 Å². The number of guanidine groups is 1. The summed E-state index contributed by atoms with van der Waals surface area (Å²) < 4.78 is 33.3. The first-order valence-corrected chi connectivity index (χ1v) is 8.68. The maximum absolute atomic E-state index is 11.5. The number of rotatable bonds is 7. The second-order valence-corrected chi connectivity index (χ2v) is 6.90. The number of benzene rings is 1. The second-order valence-electron chi connectivity index (χ2n) is 4.43. The van der Waals surface area contributed by atoms with Gasteiger partial charge in [0.05, 0.1) is 20.0 Å². The number of anilines is 1. The lowest BCUT2D eigenvalue weighted by Gasteiger charge is -2.14. The molecule has 1 aromatic carbocycles. The summed E-state index contributed by atoms with van der Waals surface area (Å²) in [4.78, 5) is 4.05. The molecule has 0 bridgehead atoms. The average Bonchev–Trinajstić information content (AvgIpc) is 2.53. The van der Waals surface area contributed by atoms with Gasteiger partial charge in [-0.15, -0.1) is 0 Å². The summed E-state index contributed by atoms with van der Waals surface area (Å²) >= 11 is 0. The molecule has 7 nitrogen and oxygen atoms in total. The van der Waals surface area contributed by atoms with Crippen LogP contribution in [0, 0.1) is 0 Å². The van der Waals surface area contributed by atoms with Crippen LogP contribution < -0.4 is 20.1 Å². The fourth-order valence-electron chi connectivity index (χ4n) is 1.70. The minimum Gasteiger partial charge on any atom is -0.493 e. The summed E-state index contributed by atoms with van der Waals surface area (Å²) in [6.07, 6.45) is 0. The Kier molecular flexibility index (Phi) is 6.97. The van der Waals surface area contributed by atoms with Gasteiger partial charge in [-0.3, -0.25) is 4.99 Å². The molecule has 0 aliphatic heterocycles. The Hall–Kier alpha value is -1.96. The van der Waals surface area contributed by atoms with Gasteiger partial charge in [0, 0.05) is 31.1 Å². The van der Waals surface area contributed by atoms with Gasteiger partial charge in [0.1, 0.15) is 0 Å². The fourth-order valence-corrected chi connectivity index (χ4v) is 2.40. The molecule has 1 rings (SSSR count). The molecular formula is C14H23N3O4S. The SMILES string of the molecule is CCS(=O)(=O)CCNC(=NC)Nc1ccc(OC)c(OC)c1. The number of nitrogens with one attached hydrogen (secondary N) is 2. The zero-order valence-electron chi connectivity index (χ0n) is 13.3. The molecule has 0 aliphatic rings. The van der Waals surface area contributed by atoms with E-state index in [0.717, 1.165) is 5.69 Å². The predicted octanol–water partition coefficient (Wildman–Crippen LogP) is 1.13. The van der Waals surface area contributed by atoms with Gasteiger partial charge in [-0.2, -0.15) is 0 Å². The summed E-state index contributed by atoms with van der Waals surface area (Å²) in [5, 5.41) is 6.03. The van der Waals surface area contributed by atoms with Crippen LogP contribution in [-0.4, -0.2) is 53.7 Å². The van der Waals surface area contributed by atoms with Crippen molar-refractivity contribution in [1.82, 2.24) is 5.32 Å². The molecule has 124 valence electrons. The van der Waals surface area contributed by atoms with Crippen molar-refractivity contribution < 1.29 is 17.9 Å². The second kappa shape index (κ2) is 8.47. The highest BCUT2D eigenvalue weighted by Gasteiger charge is 2.09. The first kappa shape index (κ1) is 18.1. The van der Waals surface area contributed by atoms with Crippen molar-refractivity contribution in [1.29, 1.82) is 0 Å². The fraction of sp³-hybridized carbons (Fsp3) is 0.500. The smallest absolute Gasteiger partial charge is 0.195 e. The quantitative estimate of drug-likeness (QED) is 0.576. The molecule has 0 fully saturated rings. The Labute approximate surface area is 131 Å². The van der Waals surface area contributed by atoms with E-state index in [9.17, 15) is 8.42 Å². The van der Waals surface area contributed by atoms with Crippen LogP contribution in [0.2, 0.25) is 0 Å². The van der Waals surface area contributed by atoms with E-state index in [1.165, 1.54) is 0 Å². The Morgan fingerprint density at radius 2 is 1.91 bits per heavy atom. The molecule has 1 aromatic rings. The lowest BCUT2D eigenvalue weighted by atomic mass is 10.3. The first-order chi connectivity index (χ1) is 10.5. The van der Waals surface area contributed by atoms with Gasteiger partial charge in [-0.25, -0.2) is 8.42 Å². The molecule has 2 N–H and O–H groups in total. The van der Waals surface area contributed by atoms with E-state index < -0.39 is 9.84 Å². The minimum absolute atomic E-state index is 0.0656. The summed E-state index contributed by atoms with van der Waals surface area (Å²) in [7, 11) is 1.75. The molecule has 0 amide bonds. The van der Waals surface area contributed by atoms with Crippen molar-refractivity contribution in [2.75, 3.05) is 44.6 Å². The van der Waals surface area contributed by atoms with E-state index in [4.69, 9.17) is 9.47 Å². The molecule has 0 unspecified atom stereocenters. The summed E-state index contributed by atoms with van der Waals surface area (Å²) in [5.74, 6) is 1.91. The highest BCUT2D eigenvalue weighted by Crippen LogP contribution is 2.29. The van der Waals surface area contributed by atoms with Crippen molar-refractivity contribution in [3.8, 4) is 11.5 Å². The highest BCUT2D eigenvalue weighted by atomic mass is 32.2. The summed E-state index contributed by atoms with van der Waals surface area (Å²) in [6, 6.07) is 5.36. The van der Waals surface area contributed by atoms with Gasteiger partial charge in [0.25, 0.3) is 0 Å². The molecule has 0 atom stereocenters. The Morgan fingerprint density at radius 1 is 1.23 bits per heavy atom. The van der Waals surface area contributed by atoms with E-state index in [1.807, 2.05) is 6.07 Å². The van der Waals surface area contributed by atoms with E-state index in [-0.39, 0.29) is 11.5 Å². The number of nitrogens with zero attached hydrogens (tertiary/aromatic N) is 1. The van der Waals surface area contributed by atoms with Crippen molar-refractivity contribution in [3.63, 3.8) is 0 Å². The third-order valence-corrected chi connectivity index (χ3v) is 4.72. The van der Waals surface area contributed by atoms with Crippen molar-refractivity contribution in [3.05, 3.63) is 18.2 Å². The van der Waals surface area contributed by atoms with Crippen LogP contribution in [0.1, 0.15) is 6.92 Å². The molecule has 22 heavy (non-hydrogen) atoms. The summed E-state index contributed by atoms with van der Waals surface area (Å²) in [6.45, 7) is 1.93.